The summed E-state index contributed by atoms with van der Waals surface area (Å²) in [5, 5.41) is 14.5. The second-order valence-corrected chi connectivity index (χ2v) is 8.94. The predicted molar refractivity (Wildman–Crippen MR) is 144 cm³/mol. The molecule has 8 rings (SSSR count). The van der Waals surface area contributed by atoms with Crippen LogP contribution in [0.1, 0.15) is 0 Å². The summed E-state index contributed by atoms with van der Waals surface area (Å²) in [6, 6.07) is 37.1. The minimum absolute atomic E-state index is 0.716. The summed E-state index contributed by atoms with van der Waals surface area (Å²) >= 11 is 0. The molecule has 0 aliphatic heterocycles. The average molecular weight is 463 g/mol. The summed E-state index contributed by atoms with van der Waals surface area (Å²) in [5.41, 5.74) is 5.95. The maximum Gasteiger partial charge on any atom is 0.188 e. The summed E-state index contributed by atoms with van der Waals surface area (Å²) in [4.78, 5) is 5.17. The Morgan fingerprint density at radius 3 is 2.22 bits per heavy atom. The summed E-state index contributed by atoms with van der Waals surface area (Å²) in [5.74, 6) is 0.774. The molecule has 0 spiro atoms. The number of benzene rings is 5. The van der Waals surface area contributed by atoms with Crippen LogP contribution in [0.4, 0.5) is 0 Å². The molecule has 0 saturated heterocycles. The molecule has 0 unspecified atom stereocenters. The zero-order chi connectivity index (χ0) is 23.6. The zero-order valence-electron chi connectivity index (χ0n) is 19.1. The monoisotopic (exact) mass is 462 g/mol. The van der Waals surface area contributed by atoms with Gasteiger partial charge in [0, 0.05) is 27.2 Å². The van der Waals surface area contributed by atoms with Crippen LogP contribution in [0, 0.1) is 0 Å². The molecule has 8 aromatic rings. The number of hydrogen-bond donors (Lipinski definition) is 0. The summed E-state index contributed by atoms with van der Waals surface area (Å²) in [6.45, 7) is 0. The highest BCUT2D eigenvalue weighted by Gasteiger charge is 2.22. The third-order valence-corrected chi connectivity index (χ3v) is 6.91. The van der Waals surface area contributed by atoms with Crippen LogP contribution in [0.2, 0.25) is 0 Å². The van der Waals surface area contributed by atoms with E-state index in [1.54, 1.807) is 0 Å². The molecular formula is C31H18N4O. The Kier molecular flexibility index (Phi) is 3.88. The summed E-state index contributed by atoms with van der Waals surface area (Å²) < 4.78 is 8.71. The number of fused-ring (bicyclic) bond motifs is 8. The van der Waals surface area contributed by atoms with Crippen molar-refractivity contribution >= 4 is 54.8 Å². The highest BCUT2D eigenvalue weighted by molar-refractivity contribution is 6.17. The molecule has 0 radical (unpaired) electrons. The Morgan fingerprint density at radius 1 is 0.556 bits per heavy atom. The molecule has 36 heavy (non-hydrogen) atoms. The number of nitrogens with zero attached hydrogens (tertiary/aromatic N) is 4. The van der Waals surface area contributed by atoms with Crippen LogP contribution in [0.15, 0.2) is 114 Å². The van der Waals surface area contributed by atoms with Crippen LogP contribution in [0.5, 0.6) is 0 Å². The van der Waals surface area contributed by atoms with Gasteiger partial charge in [-0.3, -0.25) is 4.57 Å². The van der Waals surface area contributed by atoms with Crippen molar-refractivity contribution in [2.45, 2.75) is 0 Å². The highest BCUT2D eigenvalue weighted by Crippen LogP contribution is 2.40. The van der Waals surface area contributed by atoms with E-state index in [0.717, 1.165) is 66.2 Å². The minimum atomic E-state index is 0.716. The van der Waals surface area contributed by atoms with E-state index in [1.165, 1.54) is 0 Å². The second kappa shape index (κ2) is 7.23. The molecular weight excluding hydrogens is 444 g/mol. The van der Waals surface area contributed by atoms with Crippen molar-refractivity contribution in [3.8, 4) is 17.1 Å². The lowest BCUT2D eigenvalue weighted by Crippen LogP contribution is -1.99. The Morgan fingerprint density at radius 2 is 1.31 bits per heavy atom. The fraction of sp³-hybridized carbons (Fsp3) is 0. The van der Waals surface area contributed by atoms with Gasteiger partial charge in [-0.05, 0) is 35.7 Å². The number of rotatable bonds is 2. The first kappa shape index (κ1) is 19.3. The van der Waals surface area contributed by atoms with Gasteiger partial charge < -0.3 is 4.42 Å². The number of hydrogen-bond acceptors (Lipinski definition) is 4. The first-order valence-electron chi connectivity index (χ1n) is 11.9. The van der Waals surface area contributed by atoms with Gasteiger partial charge in [0.05, 0.1) is 11.1 Å². The van der Waals surface area contributed by atoms with Crippen molar-refractivity contribution in [2.24, 2.45) is 0 Å². The van der Waals surface area contributed by atoms with E-state index in [2.05, 4.69) is 81.5 Å². The van der Waals surface area contributed by atoms with E-state index >= 15 is 0 Å². The van der Waals surface area contributed by atoms with Crippen LogP contribution in [0.3, 0.4) is 0 Å². The van der Waals surface area contributed by atoms with E-state index in [1.807, 2.05) is 42.5 Å². The number of imidazole rings is 1. The summed E-state index contributed by atoms with van der Waals surface area (Å²) in [7, 11) is 0. The first-order chi connectivity index (χ1) is 17.9. The van der Waals surface area contributed by atoms with Crippen molar-refractivity contribution in [1.82, 2.24) is 19.7 Å². The van der Waals surface area contributed by atoms with Crippen molar-refractivity contribution in [1.29, 1.82) is 0 Å². The molecule has 3 aromatic heterocycles. The molecule has 0 saturated carbocycles. The lowest BCUT2D eigenvalue weighted by atomic mass is 10.0. The van der Waals surface area contributed by atoms with Gasteiger partial charge in [-0.1, -0.05) is 78.9 Å². The largest absolute Gasteiger partial charge is 0.455 e. The van der Waals surface area contributed by atoms with Gasteiger partial charge in [0.1, 0.15) is 16.7 Å². The topological polar surface area (TPSA) is 56.7 Å². The van der Waals surface area contributed by atoms with E-state index in [9.17, 15) is 0 Å². The molecule has 168 valence electrons. The zero-order valence-corrected chi connectivity index (χ0v) is 19.1. The molecule has 5 aromatic carbocycles. The maximum absolute atomic E-state index is 6.64. The molecule has 0 aliphatic carbocycles. The normalized spacial score (nSPS) is 11.9. The molecule has 0 amide bonds. The Bertz CT molecular complexity index is 2100. The van der Waals surface area contributed by atoms with Crippen LogP contribution in [-0.2, 0) is 0 Å². The molecule has 5 heteroatoms. The number of furan rings is 1. The Hall–Kier alpha value is -5.03. The lowest BCUT2D eigenvalue weighted by molar-refractivity contribution is 0.673. The molecule has 0 bridgehead atoms. The first-order valence-corrected chi connectivity index (χ1v) is 11.9. The number of para-hydroxylation sites is 2. The standard InChI is InChI=1S/C31H18N4O/c1-2-10-20(11-3-1)35-30(32-27-24-13-6-7-16-26(24)33-34-31(27)35)25-15-8-14-22-23-18-17-19-9-4-5-12-21(19)28(23)36-29(22)25/h1-18H. The predicted octanol–water partition coefficient (Wildman–Crippen LogP) is 7.69. The van der Waals surface area contributed by atoms with E-state index < -0.39 is 0 Å². The molecule has 0 atom stereocenters. The van der Waals surface area contributed by atoms with Gasteiger partial charge >= 0.3 is 0 Å². The van der Waals surface area contributed by atoms with Crippen LogP contribution in [-0.4, -0.2) is 19.7 Å². The fourth-order valence-corrected chi connectivity index (χ4v) is 5.25. The van der Waals surface area contributed by atoms with Crippen molar-refractivity contribution < 1.29 is 4.42 Å². The third-order valence-electron chi connectivity index (χ3n) is 6.91. The Balaban J connectivity index is 1.52. The second-order valence-electron chi connectivity index (χ2n) is 8.94. The quantitative estimate of drug-likeness (QED) is 0.264. The SMILES string of the molecule is c1ccc(-n2c(-c3cccc4c3oc3c5ccccc5ccc43)nc3c4ccccc4nnc32)cc1. The van der Waals surface area contributed by atoms with Crippen molar-refractivity contribution in [3.63, 3.8) is 0 Å². The van der Waals surface area contributed by atoms with Gasteiger partial charge in [0.25, 0.3) is 0 Å². The highest BCUT2D eigenvalue weighted by atomic mass is 16.3. The van der Waals surface area contributed by atoms with Crippen molar-refractivity contribution in [3.05, 3.63) is 109 Å². The van der Waals surface area contributed by atoms with Crippen LogP contribution >= 0.6 is 0 Å². The molecule has 0 aliphatic rings. The third kappa shape index (κ3) is 2.62. The van der Waals surface area contributed by atoms with Crippen molar-refractivity contribution in [2.75, 3.05) is 0 Å². The maximum atomic E-state index is 6.64. The number of aromatic nitrogens is 4. The molecule has 0 N–H and O–H groups in total. The van der Waals surface area contributed by atoms with E-state index in [0.29, 0.717) is 5.65 Å². The van der Waals surface area contributed by atoms with Crippen LogP contribution < -0.4 is 0 Å². The molecule has 5 nitrogen and oxygen atoms in total. The smallest absolute Gasteiger partial charge is 0.188 e. The van der Waals surface area contributed by atoms with Gasteiger partial charge in [0.2, 0.25) is 0 Å². The van der Waals surface area contributed by atoms with Gasteiger partial charge in [-0.2, -0.15) is 0 Å². The fourth-order valence-electron chi connectivity index (χ4n) is 5.25. The van der Waals surface area contributed by atoms with Gasteiger partial charge in [-0.25, -0.2) is 4.98 Å². The van der Waals surface area contributed by atoms with E-state index in [4.69, 9.17) is 9.40 Å². The summed E-state index contributed by atoms with van der Waals surface area (Å²) in [6.07, 6.45) is 0. The van der Waals surface area contributed by atoms with E-state index in [-0.39, 0.29) is 0 Å². The molecule has 3 heterocycles. The van der Waals surface area contributed by atoms with Gasteiger partial charge in [-0.15, -0.1) is 10.2 Å². The lowest BCUT2D eigenvalue weighted by Gasteiger charge is -2.09. The molecule has 0 fully saturated rings. The van der Waals surface area contributed by atoms with Crippen LogP contribution in [0.25, 0.3) is 71.9 Å². The average Bonchev–Trinajstić information content (AvgIpc) is 3.53. The van der Waals surface area contributed by atoms with Gasteiger partial charge in [0.15, 0.2) is 11.5 Å². The minimum Gasteiger partial charge on any atom is -0.455 e. The Labute approximate surface area is 205 Å².